The van der Waals surface area contributed by atoms with Crippen molar-refractivity contribution in [3.05, 3.63) is 72.6 Å². The van der Waals surface area contributed by atoms with E-state index in [1.54, 1.807) is 0 Å². The van der Waals surface area contributed by atoms with Crippen LogP contribution in [0.25, 0.3) is 11.4 Å². The molecule has 132 valence electrons. The first-order valence-corrected chi connectivity index (χ1v) is 8.89. The molecule has 0 aliphatic carbocycles. The fourth-order valence-corrected chi connectivity index (χ4v) is 3.34. The van der Waals surface area contributed by atoms with E-state index in [0.717, 1.165) is 42.4 Å². The smallest absolute Gasteiger partial charge is 0.321 e. The second-order valence-corrected chi connectivity index (χ2v) is 6.77. The molecule has 1 fully saturated rings. The lowest BCUT2D eigenvalue weighted by atomic mass is 10.0. The molecule has 2 aromatic carbocycles. The number of urea groups is 1. The van der Waals surface area contributed by atoms with Gasteiger partial charge in [0.05, 0.1) is 0 Å². The van der Waals surface area contributed by atoms with E-state index in [1.165, 1.54) is 0 Å². The zero-order valence-electron chi connectivity index (χ0n) is 14.8. The van der Waals surface area contributed by atoms with Gasteiger partial charge in [0, 0.05) is 48.7 Å². The van der Waals surface area contributed by atoms with Gasteiger partial charge < -0.3 is 14.8 Å². The molecule has 0 saturated carbocycles. The van der Waals surface area contributed by atoms with Gasteiger partial charge in [-0.25, -0.2) is 9.78 Å². The van der Waals surface area contributed by atoms with E-state index >= 15 is 0 Å². The molecular formula is C21H22N4O. The minimum absolute atomic E-state index is 0.0296. The van der Waals surface area contributed by atoms with Crippen LogP contribution in [0.3, 0.4) is 0 Å². The Morgan fingerprint density at radius 1 is 1.08 bits per heavy atom. The summed E-state index contributed by atoms with van der Waals surface area (Å²) in [5.74, 6) is 1.45. The number of carbonyl (C=O) groups is 1. The molecule has 0 unspecified atom stereocenters. The molecule has 1 N–H and O–H groups in total. The third-order valence-electron chi connectivity index (χ3n) is 4.80. The van der Waals surface area contributed by atoms with Crippen LogP contribution >= 0.6 is 0 Å². The molecule has 1 aromatic heterocycles. The monoisotopic (exact) mass is 346 g/mol. The average Bonchev–Trinajstić information content (AvgIpc) is 2.99. The molecule has 0 atom stereocenters. The molecule has 4 rings (SSSR count). The van der Waals surface area contributed by atoms with Gasteiger partial charge >= 0.3 is 6.03 Å². The highest BCUT2D eigenvalue weighted by Gasteiger charge is 2.31. The van der Waals surface area contributed by atoms with Gasteiger partial charge in [0.25, 0.3) is 0 Å². The van der Waals surface area contributed by atoms with Crippen molar-refractivity contribution in [1.29, 1.82) is 0 Å². The average molecular weight is 346 g/mol. The molecule has 0 radical (unpaired) electrons. The molecule has 0 spiro atoms. The number of amides is 2. The minimum atomic E-state index is -0.0296. The number of hydrogen-bond donors (Lipinski definition) is 1. The van der Waals surface area contributed by atoms with Crippen LogP contribution in [0.15, 0.2) is 66.9 Å². The van der Waals surface area contributed by atoms with Crippen molar-refractivity contribution in [1.82, 2.24) is 14.5 Å². The summed E-state index contributed by atoms with van der Waals surface area (Å²) in [5.41, 5.74) is 3.10. The Morgan fingerprint density at radius 3 is 2.42 bits per heavy atom. The van der Waals surface area contributed by atoms with Crippen molar-refractivity contribution in [2.75, 3.05) is 18.4 Å². The van der Waals surface area contributed by atoms with Crippen molar-refractivity contribution >= 4 is 11.7 Å². The van der Waals surface area contributed by atoms with E-state index in [-0.39, 0.29) is 6.03 Å². The second kappa shape index (κ2) is 7.04. The van der Waals surface area contributed by atoms with Crippen molar-refractivity contribution in [3.63, 3.8) is 0 Å². The summed E-state index contributed by atoms with van der Waals surface area (Å²) in [6, 6.07) is 19.8. The summed E-state index contributed by atoms with van der Waals surface area (Å²) < 4.78 is 2.26. The summed E-state index contributed by atoms with van der Waals surface area (Å²) in [4.78, 5) is 18.7. The third kappa shape index (κ3) is 3.33. The van der Waals surface area contributed by atoms with E-state index < -0.39 is 0 Å². The molecule has 1 aliphatic heterocycles. The highest BCUT2D eigenvalue weighted by atomic mass is 16.2. The standard InChI is InChI=1S/C21H22N4O/c1-16-12-22-20(18-8-4-2-5-9-18)25(16)15-17-13-24(14-17)21(26)23-19-10-6-3-7-11-19/h2-12,17H,13-15H2,1H3,(H,23,26). The van der Waals surface area contributed by atoms with E-state index in [4.69, 9.17) is 0 Å². The Morgan fingerprint density at radius 2 is 1.73 bits per heavy atom. The molecular weight excluding hydrogens is 324 g/mol. The number of aromatic nitrogens is 2. The Hall–Kier alpha value is -3.08. The number of imidazole rings is 1. The van der Waals surface area contributed by atoms with Gasteiger partial charge in [0.15, 0.2) is 0 Å². The molecule has 26 heavy (non-hydrogen) atoms. The molecule has 0 bridgehead atoms. The van der Waals surface area contributed by atoms with Gasteiger partial charge in [-0.1, -0.05) is 48.5 Å². The van der Waals surface area contributed by atoms with Crippen molar-refractivity contribution < 1.29 is 4.79 Å². The zero-order valence-corrected chi connectivity index (χ0v) is 14.8. The summed E-state index contributed by atoms with van der Waals surface area (Å²) in [5, 5.41) is 2.94. The molecule has 2 amide bonds. The molecule has 5 nitrogen and oxygen atoms in total. The number of nitrogens with one attached hydrogen (secondary N) is 1. The van der Waals surface area contributed by atoms with Gasteiger partial charge in [-0.3, -0.25) is 0 Å². The van der Waals surface area contributed by atoms with Crippen LogP contribution in [0.2, 0.25) is 0 Å². The van der Waals surface area contributed by atoms with E-state index in [1.807, 2.05) is 59.6 Å². The first-order valence-electron chi connectivity index (χ1n) is 8.89. The van der Waals surface area contributed by atoms with Crippen LogP contribution in [0.1, 0.15) is 5.69 Å². The molecule has 3 aromatic rings. The number of anilines is 1. The van der Waals surface area contributed by atoms with Crippen LogP contribution < -0.4 is 5.32 Å². The Bertz CT molecular complexity index is 883. The lowest BCUT2D eigenvalue weighted by molar-refractivity contribution is 0.120. The van der Waals surface area contributed by atoms with Crippen LogP contribution in [0.4, 0.5) is 10.5 Å². The lowest BCUT2D eigenvalue weighted by Crippen LogP contribution is -2.53. The number of nitrogens with zero attached hydrogens (tertiary/aromatic N) is 3. The second-order valence-electron chi connectivity index (χ2n) is 6.77. The summed E-state index contributed by atoms with van der Waals surface area (Å²) in [6.07, 6.45) is 1.92. The lowest BCUT2D eigenvalue weighted by Gasteiger charge is -2.39. The molecule has 1 saturated heterocycles. The fourth-order valence-electron chi connectivity index (χ4n) is 3.34. The van der Waals surface area contributed by atoms with Crippen LogP contribution in [0.5, 0.6) is 0 Å². The highest BCUT2D eigenvalue weighted by Crippen LogP contribution is 2.24. The first kappa shape index (κ1) is 16.4. The van der Waals surface area contributed by atoms with E-state index in [9.17, 15) is 4.79 Å². The van der Waals surface area contributed by atoms with Crippen molar-refractivity contribution in [2.45, 2.75) is 13.5 Å². The van der Waals surface area contributed by atoms with Gasteiger partial charge in [0.2, 0.25) is 0 Å². The SMILES string of the molecule is Cc1cnc(-c2ccccc2)n1CC1CN(C(=O)Nc2ccccc2)C1. The quantitative estimate of drug-likeness (QED) is 0.776. The van der Waals surface area contributed by atoms with E-state index in [0.29, 0.717) is 5.92 Å². The molecule has 5 heteroatoms. The Balaban J connectivity index is 1.38. The van der Waals surface area contributed by atoms with Crippen LogP contribution in [0, 0.1) is 12.8 Å². The number of hydrogen-bond acceptors (Lipinski definition) is 2. The number of para-hydroxylation sites is 1. The van der Waals surface area contributed by atoms with Crippen LogP contribution in [-0.2, 0) is 6.54 Å². The van der Waals surface area contributed by atoms with Gasteiger partial charge in [-0.2, -0.15) is 0 Å². The molecule has 2 heterocycles. The first-order chi connectivity index (χ1) is 12.7. The number of aryl methyl sites for hydroxylation is 1. The predicted molar refractivity (Wildman–Crippen MR) is 103 cm³/mol. The van der Waals surface area contributed by atoms with Crippen molar-refractivity contribution in [2.24, 2.45) is 5.92 Å². The summed E-state index contributed by atoms with van der Waals surface area (Å²) in [6.45, 7) is 4.50. The maximum absolute atomic E-state index is 12.3. The number of rotatable bonds is 4. The number of carbonyl (C=O) groups excluding carboxylic acids is 1. The number of benzene rings is 2. The fraction of sp³-hybridized carbons (Fsp3) is 0.238. The van der Waals surface area contributed by atoms with Gasteiger partial charge in [-0.15, -0.1) is 0 Å². The largest absolute Gasteiger partial charge is 0.328 e. The van der Waals surface area contributed by atoms with E-state index in [2.05, 4.69) is 33.9 Å². The van der Waals surface area contributed by atoms with Crippen LogP contribution in [-0.4, -0.2) is 33.6 Å². The Labute approximate surface area is 153 Å². The van der Waals surface area contributed by atoms with Crippen molar-refractivity contribution in [3.8, 4) is 11.4 Å². The maximum Gasteiger partial charge on any atom is 0.321 e. The number of likely N-dealkylation sites (tertiary alicyclic amines) is 1. The molecule has 1 aliphatic rings. The normalized spacial score (nSPS) is 14.1. The van der Waals surface area contributed by atoms with Gasteiger partial charge in [-0.05, 0) is 19.1 Å². The minimum Gasteiger partial charge on any atom is -0.328 e. The van der Waals surface area contributed by atoms with Gasteiger partial charge in [0.1, 0.15) is 5.82 Å². The summed E-state index contributed by atoms with van der Waals surface area (Å²) in [7, 11) is 0. The predicted octanol–water partition coefficient (Wildman–Crippen LogP) is 4.02. The zero-order chi connectivity index (χ0) is 17.9. The third-order valence-corrected chi connectivity index (χ3v) is 4.80. The Kier molecular flexibility index (Phi) is 4.44. The highest BCUT2D eigenvalue weighted by molar-refractivity contribution is 5.89. The summed E-state index contributed by atoms with van der Waals surface area (Å²) >= 11 is 0. The maximum atomic E-state index is 12.3. The topological polar surface area (TPSA) is 50.2 Å².